The van der Waals surface area contributed by atoms with Gasteiger partial charge in [-0.05, 0) is 57.2 Å². The maximum absolute atomic E-state index is 12.7. The smallest absolute Gasteiger partial charge is 0.255 e. The molecule has 1 aliphatic heterocycles. The van der Waals surface area contributed by atoms with Gasteiger partial charge in [-0.25, -0.2) is 4.98 Å². The van der Waals surface area contributed by atoms with Crippen LogP contribution in [0.2, 0.25) is 0 Å². The van der Waals surface area contributed by atoms with Crippen molar-refractivity contribution in [3.8, 4) is 6.07 Å². The number of nitriles is 1. The summed E-state index contributed by atoms with van der Waals surface area (Å²) < 4.78 is 2.15. The van der Waals surface area contributed by atoms with Crippen LogP contribution >= 0.6 is 11.8 Å². The lowest BCUT2D eigenvalue weighted by Crippen LogP contribution is -2.27. The molecule has 2 fully saturated rings. The van der Waals surface area contributed by atoms with E-state index in [0.29, 0.717) is 28.0 Å². The second-order valence-electron chi connectivity index (χ2n) is 8.58. The van der Waals surface area contributed by atoms with Crippen LogP contribution in [-0.2, 0) is 4.79 Å². The number of amides is 2. The van der Waals surface area contributed by atoms with Gasteiger partial charge in [0.2, 0.25) is 5.91 Å². The summed E-state index contributed by atoms with van der Waals surface area (Å²) in [5.74, 6) is 0.666. The second kappa shape index (κ2) is 9.78. The highest BCUT2D eigenvalue weighted by Gasteiger charge is 2.26. The van der Waals surface area contributed by atoms with Crippen LogP contribution in [0, 0.1) is 25.2 Å². The average molecular weight is 452 g/mol. The number of nitrogens with one attached hydrogen (secondary N) is 1. The number of carbonyl (C=O) groups is 2. The molecule has 32 heavy (non-hydrogen) atoms. The minimum absolute atomic E-state index is 0.0201. The van der Waals surface area contributed by atoms with E-state index in [9.17, 15) is 14.9 Å². The molecule has 1 saturated heterocycles. The number of carbonyl (C=O) groups excluding carboxylic acids is 2. The predicted molar refractivity (Wildman–Crippen MR) is 125 cm³/mol. The molecule has 1 aliphatic carbocycles. The van der Waals surface area contributed by atoms with Crippen LogP contribution < -0.4 is 5.32 Å². The van der Waals surface area contributed by atoms with Crippen LogP contribution in [-0.4, -0.2) is 45.1 Å². The number of hydrogen-bond donors (Lipinski definition) is 1. The number of rotatable bonds is 6. The summed E-state index contributed by atoms with van der Waals surface area (Å²) in [5.41, 5.74) is 3.12. The highest BCUT2D eigenvalue weighted by Crippen LogP contribution is 2.37. The molecule has 0 bridgehead atoms. The SMILES string of the molecule is Cc1c(C#N)c(NC(=O)CSc2ccc(C(=O)N3CCCC3)cn2)n(C2CCCC2)c1C. The summed E-state index contributed by atoms with van der Waals surface area (Å²) in [7, 11) is 0. The predicted octanol–water partition coefficient (Wildman–Crippen LogP) is 4.45. The Labute approximate surface area is 193 Å². The molecule has 0 atom stereocenters. The summed E-state index contributed by atoms with van der Waals surface area (Å²) in [5, 5.41) is 13.4. The quantitative estimate of drug-likeness (QED) is 0.655. The van der Waals surface area contributed by atoms with E-state index in [2.05, 4.69) is 20.9 Å². The van der Waals surface area contributed by atoms with Crippen LogP contribution in [0.1, 0.15) is 71.7 Å². The molecule has 2 amide bonds. The number of aromatic nitrogens is 2. The molecule has 3 heterocycles. The summed E-state index contributed by atoms with van der Waals surface area (Å²) in [6, 6.07) is 6.18. The van der Waals surface area contributed by atoms with E-state index < -0.39 is 0 Å². The van der Waals surface area contributed by atoms with Crippen LogP contribution in [0.4, 0.5) is 5.82 Å². The van der Waals surface area contributed by atoms with Crippen molar-refractivity contribution in [1.29, 1.82) is 5.26 Å². The molecular weight excluding hydrogens is 422 g/mol. The van der Waals surface area contributed by atoms with Gasteiger partial charge in [-0.1, -0.05) is 24.6 Å². The largest absolute Gasteiger partial charge is 0.339 e. The zero-order valence-corrected chi connectivity index (χ0v) is 19.5. The van der Waals surface area contributed by atoms with Gasteiger partial charge in [0.1, 0.15) is 11.9 Å². The standard InChI is InChI=1S/C24H29N5O2S/c1-16-17(2)29(19-7-3-4-8-19)23(20(16)13-25)27-21(30)15-32-22-10-9-18(14-26-22)24(31)28-11-5-6-12-28/h9-10,14,19H,3-8,11-12,15H2,1-2H3,(H,27,30). The van der Waals surface area contributed by atoms with E-state index in [0.717, 1.165) is 50.0 Å². The lowest BCUT2D eigenvalue weighted by atomic mass is 10.2. The van der Waals surface area contributed by atoms with Gasteiger partial charge in [-0.3, -0.25) is 9.59 Å². The Balaban J connectivity index is 1.41. The molecule has 4 rings (SSSR count). The molecule has 2 aromatic heterocycles. The van der Waals surface area contributed by atoms with Crippen molar-refractivity contribution in [2.45, 2.75) is 63.4 Å². The van der Waals surface area contributed by atoms with Gasteiger partial charge >= 0.3 is 0 Å². The maximum Gasteiger partial charge on any atom is 0.255 e. The third-order valence-electron chi connectivity index (χ3n) is 6.54. The molecule has 7 nitrogen and oxygen atoms in total. The van der Waals surface area contributed by atoms with Crippen LogP contribution in [0.15, 0.2) is 23.4 Å². The summed E-state index contributed by atoms with van der Waals surface area (Å²) >= 11 is 1.32. The van der Waals surface area contributed by atoms with E-state index in [1.165, 1.54) is 24.6 Å². The monoisotopic (exact) mass is 451 g/mol. The molecular formula is C24H29N5O2S. The first-order chi connectivity index (χ1) is 15.5. The van der Waals surface area contributed by atoms with Crippen molar-refractivity contribution in [2.24, 2.45) is 0 Å². The van der Waals surface area contributed by atoms with E-state index in [4.69, 9.17) is 0 Å². The molecule has 168 valence electrons. The molecule has 0 aromatic carbocycles. The van der Waals surface area contributed by atoms with Crippen molar-refractivity contribution < 1.29 is 9.59 Å². The van der Waals surface area contributed by atoms with Crippen LogP contribution in [0.25, 0.3) is 0 Å². The lowest BCUT2D eigenvalue weighted by molar-refractivity contribution is -0.113. The summed E-state index contributed by atoms with van der Waals surface area (Å²) in [4.78, 5) is 31.4. The topological polar surface area (TPSA) is 91.0 Å². The Morgan fingerprint density at radius 2 is 1.91 bits per heavy atom. The van der Waals surface area contributed by atoms with Crippen LogP contribution in [0.5, 0.6) is 0 Å². The van der Waals surface area contributed by atoms with Gasteiger partial charge in [0.15, 0.2) is 0 Å². The highest BCUT2D eigenvalue weighted by molar-refractivity contribution is 7.99. The molecule has 0 radical (unpaired) electrons. The van der Waals surface area contributed by atoms with Crippen molar-refractivity contribution in [3.05, 3.63) is 40.7 Å². The molecule has 8 heteroatoms. The van der Waals surface area contributed by atoms with E-state index in [-0.39, 0.29) is 17.6 Å². The first-order valence-electron chi connectivity index (χ1n) is 11.3. The zero-order chi connectivity index (χ0) is 22.7. The Hall–Kier alpha value is -2.79. The lowest BCUT2D eigenvalue weighted by Gasteiger charge is -2.19. The number of thioether (sulfide) groups is 1. The molecule has 2 aromatic rings. The fourth-order valence-electron chi connectivity index (χ4n) is 4.71. The van der Waals surface area contributed by atoms with Crippen molar-refractivity contribution in [3.63, 3.8) is 0 Å². The Morgan fingerprint density at radius 1 is 1.19 bits per heavy atom. The van der Waals surface area contributed by atoms with Crippen molar-refractivity contribution in [1.82, 2.24) is 14.5 Å². The van der Waals surface area contributed by atoms with Gasteiger partial charge in [0.25, 0.3) is 5.91 Å². The van der Waals surface area contributed by atoms with Gasteiger partial charge < -0.3 is 14.8 Å². The number of hydrogen-bond acceptors (Lipinski definition) is 5. The second-order valence-corrected chi connectivity index (χ2v) is 9.57. The van der Waals surface area contributed by atoms with E-state index in [1.807, 2.05) is 18.7 Å². The third kappa shape index (κ3) is 4.53. The van der Waals surface area contributed by atoms with Crippen LogP contribution in [0.3, 0.4) is 0 Å². The molecule has 2 aliphatic rings. The van der Waals surface area contributed by atoms with Crippen molar-refractivity contribution in [2.75, 3.05) is 24.2 Å². The molecule has 0 unspecified atom stereocenters. The third-order valence-corrected chi connectivity index (χ3v) is 7.49. The molecule has 1 N–H and O–H groups in total. The molecule has 0 spiro atoms. The summed E-state index contributed by atoms with van der Waals surface area (Å²) in [6.45, 7) is 5.58. The zero-order valence-electron chi connectivity index (χ0n) is 18.7. The highest BCUT2D eigenvalue weighted by atomic mass is 32.2. The Kier molecular flexibility index (Phi) is 6.85. The fourth-order valence-corrected chi connectivity index (χ4v) is 5.35. The van der Waals surface area contributed by atoms with Gasteiger partial charge in [0, 0.05) is 31.0 Å². The van der Waals surface area contributed by atoms with Crippen molar-refractivity contribution >= 4 is 29.4 Å². The minimum Gasteiger partial charge on any atom is -0.339 e. The minimum atomic E-state index is -0.165. The average Bonchev–Trinajstić information content (AvgIpc) is 3.55. The van der Waals surface area contributed by atoms with Gasteiger partial charge in [0.05, 0.1) is 21.9 Å². The fraction of sp³-hybridized carbons (Fsp3) is 0.500. The number of pyridine rings is 1. The van der Waals surface area contributed by atoms with Gasteiger partial charge in [-0.15, -0.1) is 0 Å². The maximum atomic E-state index is 12.7. The number of likely N-dealkylation sites (tertiary alicyclic amines) is 1. The Morgan fingerprint density at radius 3 is 2.53 bits per heavy atom. The van der Waals surface area contributed by atoms with E-state index >= 15 is 0 Å². The van der Waals surface area contributed by atoms with Gasteiger partial charge in [-0.2, -0.15) is 5.26 Å². The van der Waals surface area contributed by atoms with E-state index in [1.54, 1.807) is 18.3 Å². The first-order valence-corrected chi connectivity index (χ1v) is 12.3. The number of anilines is 1. The summed E-state index contributed by atoms with van der Waals surface area (Å²) in [6.07, 6.45) is 8.20. The normalized spacial score (nSPS) is 16.3. The molecule has 1 saturated carbocycles. The number of nitrogens with zero attached hydrogens (tertiary/aromatic N) is 4. The first kappa shape index (κ1) is 22.4. The Bertz CT molecular complexity index is 1040.